The van der Waals surface area contributed by atoms with Crippen molar-refractivity contribution < 1.29 is 4.74 Å². The van der Waals surface area contributed by atoms with Crippen molar-refractivity contribution in [3.63, 3.8) is 0 Å². The second-order valence-electron chi connectivity index (χ2n) is 5.52. The van der Waals surface area contributed by atoms with Crippen LogP contribution < -0.4 is 10.6 Å². The van der Waals surface area contributed by atoms with Crippen molar-refractivity contribution in [1.29, 1.82) is 0 Å². The first-order chi connectivity index (χ1) is 9.33. The van der Waals surface area contributed by atoms with Crippen LogP contribution in [0.25, 0.3) is 0 Å². The summed E-state index contributed by atoms with van der Waals surface area (Å²) >= 11 is 0. The van der Waals surface area contributed by atoms with E-state index in [2.05, 4.69) is 22.5 Å². The topological polar surface area (TPSA) is 48.9 Å². The van der Waals surface area contributed by atoms with Crippen LogP contribution in [-0.2, 0) is 4.74 Å². The minimum absolute atomic E-state index is 0.712. The van der Waals surface area contributed by atoms with E-state index in [-0.39, 0.29) is 0 Å². The third-order valence-corrected chi connectivity index (χ3v) is 3.83. The quantitative estimate of drug-likeness (QED) is 0.405. The zero-order chi connectivity index (χ0) is 13.5. The van der Waals surface area contributed by atoms with E-state index < -0.39 is 0 Å². The molecule has 19 heavy (non-hydrogen) atoms. The molecule has 2 fully saturated rings. The van der Waals surface area contributed by atoms with Gasteiger partial charge in [-0.25, -0.2) is 0 Å². The van der Waals surface area contributed by atoms with Gasteiger partial charge in [0.1, 0.15) is 0 Å². The highest BCUT2D eigenvalue weighted by Crippen LogP contribution is 2.31. The van der Waals surface area contributed by atoms with Crippen LogP contribution in [-0.4, -0.2) is 63.3 Å². The summed E-state index contributed by atoms with van der Waals surface area (Å²) in [5.74, 6) is 1.66. The molecule has 0 amide bonds. The number of guanidine groups is 1. The third-order valence-electron chi connectivity index (χ3n) is 3.83. The molecule has 2 rings (SSSR count). The van der Waals surface area contributed by atoms with Gasteiger partial charge in [-0.05, 0) is 38.6 Å². The number of likely N-dealkylation sites (tertiary alicyclic amines) is 1. The molecular formula is C14H28N4O. The summed E-state index contributed by atoms with van der Waals surface area (Å²) in [5.41, 5.74) is 0. The fourth-order valence-electron chi connectivity index (χ4n) is 2.62. The van der Waals surface area contributed by atoms with E-state index in [1.165, 1.54) is 32.4 Å². The van der Waals surface area contributed by atoms with Gasteiger partial charge < -0.3 is 20.3 Å². The summed E-state index contributed by atoms with van der Waals surface area (Å²) in [6, 6.07) is 0.905. The first-order valence-corrected chi connectivity index (χ1v) is 7.58. The van der Waals surface area contributed by atoms with E-state index in [0.717, 1.165) is 37.6 Å². The highest BCUT2D eigenvalue weighted by Gasteiger charge is 2.34. The second-order valence-corrected chi connectivity index (χ2v) is 5.52. The van der Waals surface area contributed by atoms with Gasteiger partial charge in [0.25, 0.3) is 0 Å². The Hall–Kier alpha value is -0.810. The van der Waals surface area contributed by atoms with Crippen LogP contribution in [0.3, 0.4) is 0 Å². The lowest BCUT2D eigenvalue weighted by molar-refractivity contribution is 0.203. The molecule has 0 spiro atoms. The Balaban J connectivity index is 1.70. The van der Waals surface area contributed by atoms with E-state index in [1.54, 1.807) is 7.11 Å². The highest BCUT2D eigenvalue weighted by atomic mass is 16.5. The van der Waals surface area contributed by atoms with Gasteiger partial charge in [0, 0.05) is 39.3 Å². The third kappa shape index (κ3) is 4.99. The fourth-order valence-corrected chi connectivity index (χ4v) is 2.62. The summed E-state index contributed by atoms with van der Waals surface area (Å²) in [7, 11) is 1.72. The predicted octanol–water partition coefficient (Wildman–Crippen LogP) is 0.672. The first-order valence-electron chi connectivity index (χ1n) is 7.58. The van der Waals surface area contributed by atoms with Gasteiger partial charge in [0.15, 0.2) is 5.96 Å². The van der Waals surface area contributed by atoms with Crippen LogP contribution in [0.4, 0.5) is 0 Å². The molecule has 5 heteroatoms. The number of nitrogens with zero attached hydrogens (tertiary/aromatic N) is 2. The second kappa shape index (κ2) is 7.70. The molecule has 2 N–H and O–H groups in total. The van der Waals surface area contributed by atoms with Gasteiger partial charge in [0.2, 0.25) is 0 Å². The molecule has 0 aromatic rings. The molecule has 0 aromatic heterocycles. The number of aliphatic imine (C=N–C) groups is 1. The lowest BCUT2D eigenvalue weighted by Gasteiger charge is -2.15. The Morgan fingerprint density at radius 1 is 1.32 bits per heavy atom. The van der Waals surface area contributed by atoms with E-state index in [1.807, 2.05) is 0 Å². The van der Waals surface area contributed by atoms with Crippen molar-refractivity contribution in [2.75, 3.05) is 46.4 Å². The van der Waals surface area contributed by atoms with Crippen LogP contribution in [0.5, 0.6) is 0 Å². The summed E-state index contributed by atoms with van der Waals surface area (Å²) in [6.07, 6.45) is 4.13. The Kier molecular flexibility index (Phi) is 5.92. The smallest absolute Gasteiger partial charge is 0.191 e. The molecule has 2 aliphatic rings. The number of rotatable bonds is 7. The number of ether oxygens (including phenoxy) is 1. The number of nitrogens with one attached hydrogen (secondary N) is 2. The van der Waals surface area contributed by atoms with Crippen molar-refractivity contribution in [2.45, 2.75) is 32.2 Å². The van der Waals surface area contributed by atoms with Crippen molar-refractivity contribution in [2.24, 2.45) is 10.9 Å². The highest BCUT2D eigenvalue weighted by molar-refractivity contribution is 5.79. The molecule has 0 aromatic carbocycles. The van der Waals surface area contributed by atoms with Crippen molar-refractivity contribution in [3.05, 3.63) is 0 Å². The summed E-state index contributed by atoms with van der Waals surface area (Å²) < 4.78 is 5.04. The molecule has 1 unspecified atom stereocenters. The van der Waals surface area contributed by atoms with Gasteiger partial charge in [-0.1, -0.05) is 0 Å². The summed E-state index contributed by atoms with van der Waals surface area (Å²) in [5, 5.41) is 6.57. The van der Waals surface area contributed by atoms with Crippen LogP contribution in [0.15, 0.2) is 4.99 Å². The molecule has 5 nitrogen and oxygen atoms in total. The lowest BCUT2D eigenvalue weighted by atomic mass is 10.1. The average molecular weight is 268 g/mol. The van der Waals surface area contributed by atoms with Crippen molar-refractivity contribution >= 4 is 5.96 Å². The van der Waals surface area contributed by atoms with E-state index in [0.29, 0.717) is 6.61 Å². The van der Waals surface area contributed by atoms with Crippen LogP contribution in [0, 0.1) is 5.92 Å². The molecule has 1 atom stereocenters. The Morgan fingerprint density at radius 3 is 2.84 bits per heavy atom. The largest absolute Gasteiger partial charge is 0.383 e. The predicted molar refractivity (Wildman–Crippen MR) is 78.6 cm³/mol. The molecule has 1 heterocycles. The number of hydrogen-bond donors (Lipinski definition) is 2. The maximum atomic E-state index is 5.04. The molecule has 1 saturated heterocycles. The molecule has 1 aliphatic heterocycles. The van der Waals surface area contributed by atoms with Crippen LogP contribution in [0.2, 0.25) is 0 Å². The normalized spacial score (nSPS) is 24.7. The van der Waals surface area contributed by atoms with E-state index in [4.69, 9.17) is 9.73 Å². The van der Waals surface area contributed by atoms with Crippen molar-refractivity contribution in [1.82, 2.24) is 15.5 Å². The zero-order valence-corrected chi connectivity index (χ0v) is 12.3. The standard InChI is InChI=1S/C14H28N4O/c1-3-15-14(16-7-9-19-2)17-10-12-6-8-18(11-12)13-4-5-13/h12-13H,3-11H2,1-2H3,(H2,15,16,17). The van der Waals surface area contributed by atoms with Crippen LogP contribution in [0.1, 0.15) is 26.2 Å². The summed E-state index contributed by atoms with van der Waals surface area (Å²) in [4.78, 5) is 7.34. The van der Waals surface area contributed by atoms with E-state index >= 15 is 0 Å². The minimum Gasteiger partial charge on any atom is -0.383 e. The van der Waals surface area contributed by atoms with Crippen LogP contribution >= 0.6 is 0 Å². The Labute approximate surface area is 116 Å². The van der Waals surface area contributed by atoms with Gasteiger partial charge in [-0.3, -0.25) is 4.99 Å². The molecule has 0 bridgehead atoms. The maximum Gasteiger partial charge on any atom is 0.191 e. The zero-order valence-electron chi connectivity index (χ0n) is 12.3. The first kappa shape index (κ1) is 14.6. The fraction of sp³-hybridized carbons (Fsp3) is 0.929. The Morgan fingerprint density at radius 2 is 2.16 bits per heavy atom. The maximum absolute atomic E-state index is 5.04. The molecule has 1 aliphatic carbocycles. The molecule has 1 saturated carbocycles. The average Bonchev–Trinajstić information content (AvgIpc) is 3.16. The van der Waals surface area contributed by atoms with Gasteiger partial charge in [0.05, 0.1) is 6.61 Å². The monoisotopic (exact) mass is 268 g/mol. The SMILES string of the molecule is CCNC(=NCC1CCN(C2CC2)C1)NCCOC. The van der Waals surface area contributed by atoms with E-state index in [9.17, 15) is 0 Å². The van der Waals surface area contributed by atoms with Crippen molar-refractivity contribution in [3.8, 4) is 0 Å². The number of methoxy groups -OCH3 is 1. The minimum atomic E-state index is 0.712. The lowest BCUT2D eigenvalue weighted by Crippen LogP contribution is -2.39. The van der Waals surface area contributed by atoms with Gasteiger partial charge in [-0.15, -0.1) is 0 Å². The number of hydrogen-bond acceptors (Lipinski definition) is 3. The summed E-state index contributed by atoms with van der Waals surface area (Å²) in [6.45, 7) is 7.97. The van der Waals surface area contributed by atoms with Gasteiger partial charge in [-0.2, -0.15) is 0 Å². The molecule has 110 valence electrons. The Bertz CT molecular complexity index is 291. The van der Waals surface area contributed by atoms with Gasteiger partial charge >= 0.3 is 0 Å². The molecule has 0 radical (unpaired) electrons. The molecular weight excluding hydrogens is 240 g/mol.